The predicted octanol–water partition coefficient (Wildman–Crippen LogP) is 1.73. The summed E-state index contributed by atoms with van der Waals surface area (Å²) in [7, 11) is 0. The van der Waals surface area contributed by atoms with Crippen molar-refractivity contribution >= 4 is 11.6 Å². The number of hydrogen-bond donors (Lipinski definition) is 2. The van der Waals surface area contributed by atoms with E-state index in [1.807, 2.05) is 13.0 Å². The normalized spacial score (nSPS) is 16.9. The fraction of sp³-hybridized carbons (Fsp3) is 0.600. The maximum Gasteiger partial charge on any atom is 0.255 e. The van der Waals surface area contributed by atoms with Gasteiger partial charge in [-0.3, -0.25) is 9.78 Å². The Morgan fingerprint density at radius 3 is 2.90 bits per heavy atom. The Morgan fingerprint density at radius 1 is 1.45 bits per heavy atom. The first kappa shape index (κ1) is 14.8. The molecule has 1 saturated heterocycles. The van der Waals surface area contributed by atoms with Crippen LogP contribution in [0.4, 0.5) is 5.69 Å². The highest BCUT2D eigenvalue weighted by molar-refractivity contribution is 5.99. The van der Waals surface area contributed by atoms with Crippen LogP contribution in [0.15, 0.2) is 18.5 Å². The number of anilines is 1. The summed E-state index contributed by atoms with van der Waals surface area (Å²) in [5.41, 5.74) is 1.45. The summed E-state index contributed by atoms with van der Waals surface area (Å²) in [5.74, 6) is -0.0549. The number of likely N-dealkylation sites (tertiary alicyclic amines) is 1. The third-order valence-corrected chi connectivity index (χ3v) is 3.54. The zero-order valence-corrected chi connectivity index (χ0v) is 12.4. The number of amides is 1. The number of nitrogens with one attached hydrogen (secondary N) is 2. The summed E-state index contributed by atoms with van der Waals surface area (Å²) >= 11 is 0. The number of aromatic nitrogens is 1. The van der Waals surface area contributed by atoms with Crippen molar-refractivity contribution in [1.82, 2.24) is 15.2 Å². The molecular weight excluding hydrogens is 252 g/mol. The smallest absolute Gasteiger partial charge is 0.255 e. The number of carbonyl (C=O) groups excluding carboxylic acids is 1. The van der Waals surface area contributed by atoms with Crippen LogP contribution in [0, 0.1) is 0 Å². The lowest BCUT2D eigenvalue weighted by Gasteiger charge is -2.21. The molecule has 1 atom stereocenters. The van der Waals surface area contributed by atoms with Crippen LogP contribution in [0.1, 0.15) is 37.0 Å². The van der Waals surface area contributed by atoms with Crippen LogP contribution >= 0.6 is 0 Å². The van der Waals surface area contributed by atoms with Gasteiger partial charge in [0.25, 0.3) is 5.91 Å². The standard InChI is InChI=1S/C15H24N4O/c1-3-17-14-6-7-16-10-13(14)15(20)18-12(2)11-19-8-4-5-9-19/h6-7,10,12H,3-5,8-9,11H2,1-2H3,(H,16,17)(H,18,20). The average molecular weight is 276 g/mol. The molecule has 1 aromatic heterocycles. The molecule has 2 rings (SSSR count). The van der Waals surface area contributed by atoms with Gasteiger partial charge in [0.2, 0.25) is 0 Å². The van der Waals surface area contributed by atoms with Crippen LogP contribution in [0.3, 0.4) is 0 Å². The van der Waals surface area contributed by atoms with E-state index in [4.69, 9.17) is 0 Å². The molecule has 0 saturated carbocycles. The van der Waals surface area contributed by atoms with E-state index in [9.17, 15) is 4.79 Å². The van der Waals surface area contributed by atoms with E-state index < -0.39 is 0 Å². The molecule has 110 valence electrons. The molecule has 5 nitrogen and oxygen atoms in total. The highest BCUT2D eigenvalue weighted by Gasteiger charge is 2.18. The molecule has 0 aromatic carbocycles. The summed E-state index contributed by atoms with van der Waals surface area (Å²) < 4.78 is 0. The van der Waals surface area contributed by atoms with Gasteiger partial charge in [0.15, 0.2) is 0 Å². The van der Waals surface area contributed by atoms with Crippen molar-refractivity contribution in [3.05, 3.63) is 24.0 Å². The van der Waals surface area contributed by atoms with Gasteiger partial charge in [0.1, 0.15) is 0 Å². The minimum absolute atomic E-state index is 0.0549. The average Bonchev–Trinajstić information content (AvgIpc) is 2.92. The molecule has 0 radical (unpaired) electrons. The SMILES string of the molecule is CCNc1ccncc1C(=O)NC(C)CN1CCCC1. The van der Waals surface area contributed by atoms with Crippen LogP contribution in [-0.4, -0.2) is 48.0 Å². The van der Waals surface area contributed by atoms with Gasteiger partial charge < -0.3 is 15.5 Å². The number of pyridine rings is 1. The molecule has 1 aliphatic heterocycles. The van der Waals surface area contributed by atoms with Crippen molar-refractivity contribution < 1.29 is 4.79 Å². The lowest BCUT2D eigenvalue weighted by molar-refractivity contribution is 0.0932. The second-order valence-electron chi connectivity index (χ2n) is 5.33. The Bertz CT molecular complexity index is 443. The maximum atomic E-state index is 12.3. The quantitative estimate of drug-likeness (QED) is 0.831. The maximum absolute atomic E-state index is 12.3. The Hall–Kier alpha value is -1.62. The monoisotopic (exact) mass is 276 g/mol. The molecule has 2 heterocycles. The Morgan fingerprint density at radius 2 is 2.20 bits per heavy atom. The van der Waals surface area contributed by atoms with E-state index in [0.29, 0.717) is 5.56 Å². The number of hydrogen-bond acceptors (Lipinski definition) is 4. The summed E-state index contributed by atoms with van der Waals surface area (Å²) in [6.45, 7) is 8.07. The first-order valence-corrected chi connectivity index (χ1v) is 7.41. The van der Waals surface area contributed by atoms with Crippen LogP contribution in [-0.2, 0) is 0 Å². The van der Waals surface area contributed by atoms with E-state index in [2.05, 4.69) is 27.4 Å². The van der Waals surface area contributed by atoms with Crippen molar-refractivity contribution in [2.45, 2.75) is 32.7 Å². The Labute approximate surface area is 120 Å². The predicted molar refractivity (Wildman–Crippen MR) is 81.0 cm³/mol. The molecule has 0 spiro atoms. The Balaban J connectivity index is 1.93. The number of carbonyl (C=O) groups is 1. The highest BCUT2D eigenvalue weighted by Crippen LogP contribution is 2.13. The topological polar surface area (TPSA) is 57.3 Å². The van der Waals surface area contributed by atoms with Crippen LogP contribution in [0.2, 0.25) is 0 Å². The lowest BCUT2D eigenvalue weighted by Crippen LogP contribution is -2.41. The molecule has 0 aliphatic carbocycles. The molecule has 1 unspecified atom stereocenters. The summed E-state index contributed by atoms with van der Waals surface area (Å²) in [6, 6.07) is 1.99. The third kappa shape index (κ3) is 3.93. The fourth-order valence-electron chi connectivity index (χ4n) is 2.62. The second kappa shape index (κ2) is 7.24. The first-order valence-electron chi connectivity index (χ1n) is 7.41. The van der Waals surface area contributed by atoms with Crippen molar-refractivity contribution in [1.29, 1.82) is 0 Å². The fourth-order valence-corrected chi connectivity index (χ4v) is 2.62. The van der Waals surface area contributed by atoms with Crippen molar-refractivity contribution in [3.63, 3.8) is 0 Å². The van der Waals surface area contributed by atoms with Gasteiger partial charge in [0, 0.05) is 31.5 Å². The second-order valence-corrected chi connectivity index (χ2v) is 5.33. The minimum atomic E-state index is -0.0549. The van der Waals surface area contributed by atoms with Crippen molar-refractivity contribution in [2.24, 2.45) is 0 Å². The van der Waals surface area contributed by atoms with E-state index in [0.717, 1.165) is 31.9 Å². The molecular formula is C15H24N4O. The molecule has 5 heteroatoms. The number of nitrogens with zero attached hydrogens (tertiary/aromatic N) is 2. The van der Waals surface area contributed by atoms with E-state index >= 15 is 0 Å². The van der Waals surface area contributed by atoms with Crippen molar-refractivity contribution in [3.8, 4) is 0 Å². The summed E-state index contributed by atoms with van der Waals surface area (Å²) in [6.07, 6.45) is 5.86. The molecule has 0 bridgehead atoms. The van der Waals surface area contributed by atoms with Crippen LogP contribution in [0.25, 0.3) is 0 Å². The van der Waals surface area contributed by atoms with Crippen LogP contribution < -0.4 is 10.6 Å². The van der Waals surface area contributed by atoms with Gasteiger partial charge in [-0.1, -0.05) is 0 Å². The zero-order valence-electron chi connectivity index (χ0n) is 12.4. The van der Waals surface area contributed by atoms with Gasteiger partial charge >= 0.3 is 0 Å². The van der Waals surface area contributed by atoms with Gasteiger partial charge in [0.05, 0.1) is 11.3 Å². The van der Waals surface area contributed by atoms with Gasteiger partial charge in [-0.05, 0) is 45.8 Å². The molecule has 1 amide bonds. The summed E-state index contributed by atoms with van der Waals surface area (Å²) in [5, 5.41) is 6.25. The molecule has 1 fully saturated rings. The minimum Gasteiger partial charge on any atom is -0.385 e. The van der Waals surface area contributed by atoms with Crippen molar-refractivity contribution in [2.75, 3.05) is 31.5 Å². The summed E-state index contributed by atoms with van der Waals surface area (Å²) in [4.78, 5) is 18.8. The van der Waals surface area contributed by atoms with Gasteiger partial charge in [-0.2, -0.15) is 0 Å². The highest BCUT2D eigenvalue weighted by atomic mass is 16.1. The molecule has 1 aliphatic rings. The lowest BCUT2D eigenvalue weighted by atomic mass is 10.2. The zero-order chi connectivity index (χ0) is 14.4. The van der Waals surface area contributed by atoms with E-state index in [1.54, 1.807) is 12.4 Å². The van der Waals surface area contributed by atoms with E-state index in [-0.39, 0.29) is 11.9 Å². The largest absolute Gasteiger partial charge is 0.385 e. The first-order chi connectivity index (χ1) is 9.70. The Kier molecular flexibility index (Phi) is 5.35. The van der Waals surface area contributed by atoms with Crippen LogP contribution in [0.5, 0.6) is 0 Å². The number of rotatable bonds is 6. The van der Waals surface area contributed by atoms with E-state index in [1.165, 1.54) is 12.8 Å². The molecule has 1 aromatic rings. The molecule has 20 heavy (non-hydrogen) atoms. The third-order valence-electron chi connectivity index (χ3n) is 3.54. The molecule has 2 N–H and O–H groups in total. The van der Waals surface area contributed by atoms with Gasteiger partial charge in [-0.25, -0.2) is 0 Å². The van der Waals surface area contributed by atoms with Gasteiger partial charge in [-0.15, -0.1) is 0 Å².